The van der Waals surface area contributed by atoms with Crippen LogP contribution in [0.15, 0.2) is 36.7 Å². The Kier molecular flexibility index (Phi) is 3.72. The standard InChI is InChI=1S/C18H20N4O2/c1-3-23-15-8-13-7-12(2)24-16(13)9-14(15)10-19-17-5-4-6-18-21-20-11-22(17)18/h4-6,8-9,11-12,19H,3,7,10H2,1-2H3. The van der Waals surface area contributed by atoms with Crippen LogP contribution < -0.4 is 14.8 Å². The SMILES string of the molecule is CCOc1cc2c(cc1CNc1cccc3nncn13)OC(C)C2. The maximum Gasteiger partial charge on any atom is 0.162 e. The first-order valence-corrected chi connectivity index (χ1v) is 8.22. The minimum absolute atomic E-state index is 0.225. The van der Waals surface area contributed by atoms with Crippen molar-refractivity contribution in [2.24, 2.45) is 0 Å². The van der Waals surface area contributed by atoms with Crippen LogP contribution in [0.5, 0.6) is 11.5 Å². The summed E-state index contributed by atoms with van der Waals surface area (Å²) in [4.78, 5) is 0. The molecular weight excluding hydrogens is 304 g/mol. The third-order valence-electron chi connectivity index (χ3n) is 4.17. The third kappa shape index (κ3) is 2.64. The summed E-state index contributed by atoms with van der Waals surface area (Å²) in [5.74, 6) is 2.82. The predicted molar refractivity (Wildman–Crippen MR) is 91.7 cm³/mol. The van der Waals surface area contributed by atoms with Gasteiger partial charge in [0.15, 0.2) is 5.65 Å². The second-order valence-corrected chi connectivity index (χ2v) is 5.96. The lowest BCUT2D eigenvalue weighted by Crippen LogP contribution is -2.06. The minimum Gasteiger partial charge on any atom is -0.494 e. The third-order valence-corrected chi connectivity index (χ3v) is 4.17. The number of pyridine rings is 1. The summed E-state index contributed by atoms with van der Waals surface area (Å²) in [5.41, 5.74) is 3.11. The zero-order chi connectivity index (χ0) is 16.5. The molecule has 124 valence electrons. The molecule has 1 aromatic carbocycles. The molecule has 3 aromatic rings. The average molecular weight is 324 g/mol. The number of hydrogen-bond acceptors (Lipinski definition) is 5. The van der Waals surface area contributed by atoms with Gasteiger partial charge in [-0.05, 0) is 38.1 Å². The average Bonchev–Trinajstić information content (AvgIpc) is 3.18. The van der Waals surface area contributed by atoms with E-state index in [2.05, 4.69) is 34.6 Å². The lowest BCUT2D eigenvalue weighted by Gasteiger charge is -2.14. The van der Waals surface area contributed by atoms with E-state index in [9.17, 15) is 0 Å². The van der Waals surface area contributed by atoms with E-state index in [0.717, 1.165) is 34.9 Å². The zero-order valence-electron chi connectivity index (χ0n) is 13.8. The van der Waals surface area contributed by atoms with Crippen molar-refractivity contribution in [3.8, 4) is 11.5 Å². The van der Waals surface area contributed by atoms with E-state index < -0.39 is 0 Å². The Morgan fingerprint density at radius 3 is 3.17 bits per heavy atom. The lowest BCUT2D eigenvalue weighted by molar-refractivity contribution is 0.254. The fraction of sp³-hybridized carbons (Fsp3) is 0.333. The van der Waals surface area contributed by atoms with E-state index in [4.69, 9.17) is 9.47 Å². The van der Waals surface area contributed by atoms with Gasteiger partial charge in [-0.1, -0.05) is 6.07 Å². The van der Waals surface area contributed by atoms with Crippen molar-refractivity contribution in [3.63, 3.8) is 0 Å². The lowest BCUT2D eigenvalue weighted by atomic mass is 10.1. The molecule has 6 nitrogen and oxygen atoms in total. The Hall–Kier alpha value is -2.76. The van der Waals surface area contributed by atoms with Gasteiger partial charge in [0.05, 0.1) is 6.61 Å². The van der Waals surface area contributed by atoms with Crippen molar-refractivity contribution in [2.75, 3.05) is 11.9 Å². The van der Waals surface area contributed by atoms with Crippen molar-refractivity contribution >= 4 is 11.5 Å². The van der Waals surface area contributed by atoms with E-state index in [0.29, 0.717) is 13.2 Å². The first-order valence-electron chi connectivity index (χ1n) is 8.22. The molecule has 0 radical (unpaired) electrons. The van der Waals surface area contributed by atoms with E-state index in [-0.39, 0.29) is 6.10 Å². The number of anilines is 1. The number of nitrogens with one attached hydrogen (secondary N) is 1. The molecule has 1 aliphatic heterocycles. The number of nitrogens with zero attached hydrogens (tertiary/aromatic N) is 3. The molecule has 0 amide bonds. The first kappa shape index (κ1) is 14.8. The Labute approximate surface area is 140 Å². The van der Waals surface area contributed by atoms with Crippen molar-refractivity contribution in [1.82, 2.24) is 14.6 Å². The molecule has 4 rings (SSSR count). The number of ether oxygens (including phenoxy) is 2. The van der Waals surface area contributed by atoms with Crippen molar-refractivity contribution in [1.29, 1.82) is 0 Å². The van der Waals surface area contributed by atoms with Gasteiger partial charge in [0, 0.05) is 24.1 Å². The van der Waals surface area contributed by atoms with E-state index >= 15 is 0 Å². The Bertz CT molecular complexity index is 875. The Balaban J connectivity index is 1.62. The van der Waals surface area contributed by atoms with Gasteiger partial charge in [-0.15, -0.1) is 10.2 Å². The molecule has 1 aliphatic rings. The smallest absolute Gasteiger partial charge is 0.162 e. The molecule has 2 aromatic heterocycles. The molecule has 0 bridgehead atoms. The Morgan fingerprint density at radius 1 is 1.38 bits per heavy atom. The topological polar surface area (TPSA) is 60.7 Å². The van der Waals surface area contributed by atoms with Crippen LogP contribution in [0.25, 0.3) is 5.65 Å². The highest BCUT2D eigenvalue weighted by Gasteiger charge is 2.21. The molecule has 0 aliphatic carbocycles. The highest BCUT2D eigenvalue weighted by atomic mass is 16.5. The number of fused-ring (bicyclic) bond motifs is 2. The Morgan fingerprint density at radius 2 is 2.29 bits per heavy atom. The first-order chi connectivity index (χ1) is 11.7. The maximum absolute atomic E-state index is 5.88. The summed E-state index contributed by atoms with van der Waals surface area (Å²) in [7, 11) is 0. The quantitative estimate of drug-likeness (QED) is 0.781. The van der Waals surface area contributed by atoms with Gasteiger partial charge >= 0.3 is 0 Å². The number of aromatic nitrogens is 3. The van der Waals surface area contributed by atoms with Crippen molar-refractivity contribution in [3.05, 3.63) is 47.8 Å². The van der Waals surface area contributed by atoms with Gasteiger partial charge in [0.25, 0.3) is 0 Å². The van der Waals surface area contributed by atoms with Gasteiger partial charge in [-0.2, -0.15) is 0 Å². The van der Waals surface area contributed by atoms with Crippen LogP contribution in [0.1, 0.15) is 25.0 Å². The summed E-state index contributed by atoms with van der Waals surface area (Å²) in [6.07, 6.45) is 2.86. The minimum atomic E-state index is 0.225. The summed E-state index contributed by atoms with van der Waals surface area (Å²) < 4.78 is 13.6. The molecular formula is C18H20N4O2. The highest BCUT2D eigenvalue weighted by Crippen LogP contribution is 2.35. The molecule has 1 atom stereocenters. The second kappa shape index (κ2) is 6.03. The molecule has 1 unspecified atom stereocenters. The zero-order valence-corrected chi connectivity index (χ0v) is 13.8. The fourth-order valence-corrected chi connectivity index (χ4v) is 3.09. The number of hydrogen-bond donors (Lipinski definition) is 1. The number of benzene rings is 1. The normalized spacial score (nSPS) is 16.0. The molecule has 0 saturated heterocycles. The van der Waals surface area contributed by atoms with Crippen LogP contribution in [-0.2, 0) is 13.0 Å². The van der Waals surface area contributed by atoms with Gasteiger partial charge in [0.1, 0.15) is 29.7 Å². The summed E-state index contributed by atoms with van der Waals surface area (Å²) in [5, 5.41) is 11.5. The largest absolute Gasteiger partial charge is 0.494 e. The van der Waals surface area contributed by atoms with Crippen molar-refractivity contribution < 1.29 is 9.47 Å². The van der Waals surface area contributed by atoms with Gasteiger partial charge < -0.3 is 14.8 Å². The van der Waals surface area contributed by atoms with Gasteiger partial charge in [-0.3, -0.25) is 4.40 Å². The summed E-state index contributed by atoms with van der Waals surface area (Å²) >= 11 is 0. The van der Waals surface area contributed by atoms with Crippen LogP contribution >= 0.6 is 0 Å². The van der Waals surface area contributed by atoms with E-state index in [1.807, 2.05) is 29.5 Å². The van der Waals surface area contributed by atoms with Crippen LogP contribution in [0.4, 0.5) is 5.82 Å². The van der Waals surface area contributed by atoms with Crippen LogP contribution in [0.3, 0.4) is 0 Å². The fourth-order valence-electron chi connectivity index (χ4n) is 3.09. The molecule has 3 heterocycles. The van der Waals surface area contributed by atoms with E-state index in [1.165, 1.54) is 5.56 Å². The maximum atomic E-state index is 5.88. The summed E-state index contributed by atoms with van der Waals surface area (Å²) in [6, 6.07) is 10.1. The molecule has 6 heteroatoms. The van der Waals surface area contributed by atoms with Gasteiger partial charge in [-0.25, -0.2) is 0 Å². The van der Waals surface area contributed by atoms with Crippen molar-refractivity contribution in [2.45, 2.75) is 32.9 Å². The molecule has 24 heavy (non-hydrogen) atoms. The molecule has 1 N–H and O–H groups in total. The van der Waals surface area contributed by atoms with Gasteiger partial charge in [0.2, 0.25) is 0 Å². The number of rotatable bonds is 5. The monoisotopic (exact) mass is 324 g/mol. The summed E-state index contributed by atoms with van der Waals surface area (Å²) in [6.45, 7) is 5.37. The molecule has 0 saturated carbocycles. The molecule has 0 fully saturated rings. The van der Waals surface area contributed by atoms with Crippen LogP contribution in [0.2, 0.25) is 0 Å². The van der Waals surface area contributed by atoms with Crippen LogP contribution in [-0.4, -0.2) is 27.3 Å². The predicted octanol–water partition coefficient (Wildman–Crippen LogP) is 3.06. The van der Waals surface area contributed by atoms with E-state index in [1.54, 1.807) is 6.33 Å². The van der Waals surface area contributed by atoms with Crippen LogP contribution in [0, 0.1) is 0 Å². The second-order valence-electron chi connectivity index (χ2n) is 5.96. The highest BCUT2D eigenvalue weighted by molar-refractivity contribution is 5.52. The molecule has 0 spiro atoms.